The van der Waals surface area contributed by atoms with Crippen molar-refractivity contribution in [1.82, 2.24) is 10.2 Å². The van der Waals surface area contributed by atoms with Crippen LogP contribution in [0.5, 0.6) is 11.5 Å². The molecule has 11 heteroatoms. The summed E-state index contributed by atoms with van der Waals surface area (Å²) >= 11 is 6.07. The lowest BCUT2D eigenvalue weighted by atomic mass is 10.1. The van der Waals surface area contributed by atoms with Crippen LogP contribution in [0.1, 0.15) is 37.8 Å². The zero-order valence-electron chi connectivity index (χ0n) is 24.6. The summed E-state index contributed by atoms with van der Waals surface area (Å²) in [5.74, 6) is -0.233. The number of anilines is 1. The minimum Gasteiger partial charge on any atom is -0.493 e. The largest absolute Gasteiger partial charge is 0.493 e. The van der Waals surface area contributed by atoms with Gasteiger partial charge >= 0.3 is 0 Å². The Balaban J connectivity index is 2.08. The van der Waals surface area contributed by atoms with Crippen molar-refractivity contribution in [2.45, 2.75) is 51.1 Å². The van der Waals surface area contributed by atoms with E-state index in [-0.39, 0.29) is 23.1 Å². The van der Waals surface area contributed by atoms with Gasteiger partial charge in [-0.3, -0.25) is 13.9 Å². The maximum absolute atomic E-state index is 14.1. The van der Waals surface area contributed by atoms with Crippen LogP contribution in [0.2, 0.25) is 5.02 Å². The minimum atomic E-state index is -4.27. The monoisotopic (exact) mass is 615 g/mol. The van der Waals surface area contributed by atoms with Crippen LogP contribution in [-0.2, 0) is 26.2 Å². The highest BCUT2D eigenvalue weighted by Crippen LogP contribution is 2.32. The van der Waals surface area contributed by atoms with Crippen LogP contribution in [0.3, 0.4) is 0 Å². The van der Waals surface area contributed by atoms with Crippen LogP contribution in [0.4, 0.5) is 5.69 Å². The summed E-state index contributed by atoms with van der Waals surface area (Å²) in [7, 11) is -1.39. The van der Waals surface area contributed by atoms with Gasteiger partial charge in [0.1, 0.15) is 12.6 Å². The van der Waals surface area contributed by atoms with Crippen LogP contribution < -0.4 is 19.1 Å². The van der Waals surface area contributed by atoms with Crippen molar-refractivity contribution >= 4 is 39.1 Å². The first-order chi connectivity index (χ1) is 20.0. The molecule has 3 aromatic carbocycles. The van der Waals surface area contributed by atoms with E-state index < -0.39 is 28.5 Å². The second-order valence-electron chi connectivity index (χ2n) is 9.73. The molecule has 0 aliphatic carbocycles. The number of carbonyl (C=O) groups excluding carboxylic acids is 2. The van der Waals surface area contributed by atoms with Gasteiger partial charge in [-0.05, 0) is 61.7 Å². The second-order valence-corrected chi connectivity index (χ2v) is 12.0. The van der Waals surface area contributed by atoms with Crippen LogP contribution in [0, 0.1) is 6.92 Å². The van der Waals surface area contributed by atoms with Gasteiger partial charge in [0.25, 0.3) is 10.0 Å². The number of hydrogen-bond acceptors (Lipinski definition) is 6. The van der Waals surface area contributed by atoms with Crippen LogP contribution in [0.25, 0.3) is 0 Å². The van der Waals surface area contributed by atoms with E-state index >= 15 is 0 Å². The number of aryl methyl sites for hydroxylation is 1. The van der Waals surface area contributed by atoms with Crippen molar-refractivity contribution in [2.24, 2.45) is 0 Å². The normalized spacial score (nSPS) is 11.9. The molecule has 226 valence electrons. The van der Waals surface area contributed by atoms with E-state index in [1.807, 2.05) is 20.8 Å². The van der Waals surface area contributed by atoms with Gasteiger partial charge in [0, 0.05) is 24.2 Å². The summed E-state index contributed by atoms with van der Waals surface area (Å²) in [6, 6.07) is 17.3. The van der Waals surface area contributed by atoms with Gasteiger partial charge in [0.2, 0.25) is 11.8 Å². The molecule has 1 unspecified atom stereocenters. The lowest BCUT2D eigenvalue weighted by molar-refractivity contribution is -0.140. The topological polar surface area (TPSA) is 105 Å². The fourth-order valence-corrected chi connectivity index (χ4v) is 5.97. The molecule has 1 atom stereocenters. The number of benzene rings is 3. The van der Waals surface area contributed by atoms with Gasteiger partial charge in [-0.25, -0.2) is 8.42 Å². The Morgan fingerprint density at radius 1 is 0.929 bits per heavy atom. The summed E-state index contributed by atoms with van der Waals surface area (Å²) in [4.78, 5) is 28.6. The Morgan fingerprint density at radius 3 is 2.14 bits per heavy atom. The highest BCUT2D eigenvalue weighted by Gasteiger charge is 2.34. The molecule has 1 N–H and O–H groups in total. The first kappa shape index (κ1) is 32.8. The molecule has 9 nitrogen and oxygen atoms in total. The van der Waals surface area contributed by atoms with E-state index in [0.29, 0.717) is 29.4 Å². The van der Waals surface area contributed by atoms with E-state index in [9.17, 15) is 18.0 Å². The van der Waals surface area contributed by atoms with Crippen molar-refractivity contribution < 1.29 is 27.5 Å². The standard InChI is InChI=1S/C31H38ClN3O6S/c1-6-18-33-31(37)27(7-2)34(20-23-10-12-24(32)13-11-23)30(36)21-35(25-14-8-22(3)9-15-25)42(38,39)26-16-17-28(40-4)29(19-26)41-5/h8-17,19,27H,6-7,18,20-21H2,1-5H3,(H,33,37). The maximum Gasteiger partial charge on any atom is 0.264 e. The average molecular weight is 616 g/mol. The Morgan fingerprint density at radius 2 is 1.57 bits per heavy atom. The SMILES string of the molecule is CCCNC(=O)C(CC)N(Cc1ccc(Cl)cc1)C(=O)CN(c1ccc(C)cc1)S(=O)(=O)c1ccc(OC)c(OC)c1. The smallest absolute Gasteiger partial charge is 0.264 e. The van der Waals surface area contributed by atoms with Crippen molar-refractivity contribution in [3.63, 3.8) is 0 Å². The third kappa shape index (κ3) is 7.95. The predicted molar refractivity (Wildman–Crippen MR) is 165 cm³/mol. The number of halogens is 1. The fraction of sp³-hybridized carbons (Fsp3) is 0.355. The number of nitrogens with zero attached hydrogens (tertiary/aromatic N) is 2. The summed E-state index contributed by atoms with van der Waals surface area (Å²) in [6.45, 7) is 5.65. The molecular weight excluding hydrogens is 578 g/mol. The molecule has 42 heavy (non-hydrogen) atoms. The van der Waals surface area contributed by atoms with E-state index in [0.717, 1.165) is 21.9 Å². The van der Waals surface area contributed by atoms with Crippen LogP contribution >= 0.6 is 11.6 Å². The lowest BCUT2D eigenvalue weighted by Crippen LogP contribution is -2.52. The average Bonchev–Trinajstić information content (AvgIpc) is 2.99. The summed E-state index contributed by atoms with van der Waals surface area (Å²) in [5, 5.41) is 3.41. The zero-order valence-corrected chi connectivity index (χ0v) is 26.2. The third-order valence-corrected chi connectivity index (χ3v) is 8.77. The number of methoxy groups -OCH3 is 2. The molecule has 3 rings (SSSR count). The molecule has 3 aromatic rings. The quantitative estimate of drug-likeness (QED) is 0.267. The van der Waals surface area contributed by atoms with Gasteiger partial charge in [-0.15, -0.1) is 0 Å². The minimum absolute atomic E-state index is 0.0782. The second kappa shape index (κ2) is 14.9. The molecule has 0 aromatic heterocycles. The molecule has 0 saturated carbocycles. The maximum atomic E-state index is 14.1. The predicted octanol–water partition coefficient (Wildman–Crippen LogP) is 5.19. The molecule has 0 radical (unpaired) electrons. The van der Waals surface area contributed by atoms with Crippen LogP contribution in [0.15, 0.2) is 71.6 Å². The molecule has 0 heterocycles. The van der Waals surface area contributed by atoms with E-state index in [1.54, 1.807) is 48.5 Å². The summed E-state index contributed by atoms with van der Waals surface area (Å²) in [5.41, 5.74) is 1.98. The molecule has 0 aliphatic heterocycles. The fourth-order valence-electron chi connectivity index (χ4n) is 4.42. The molecule has 2 amide bonds. The van der Waals surface area contributed by atoms with Crippen molar-refractivity contribution in [1.29, 1.82) is 0 Å². The Kier molecular flexibility index (Phi) is 11.6. The van der Waals surface area contributed by atoms with Gasteiger partial charge in [0.05, 0.1) is 24.8 Å². The first-order valence-corrected chi connectivity index (χ1v) is 15.5. The molecule has 0 bridgehead atoms. The van der Waals surface area contributed by atoms with Crippen LogP contribution in [-0.4, -0.2) is 58.5 Å². The van der Waals surface area contributed by atoms with E-state index in [2.05, 4.69) is 5.32 Å². The zero-order chi connectivity index (χ0) is 30.9. The van der Waals surface area contributed by atoms with Crippen molar-refractivity contribution in [2.75, 3.05) is 31.6 Å². The van der Waals surface area contributed by atoms with Crippen molar-refractivity contribution in [3.05, 3.63) is 82.9 Å². The number of sulfonamides is 1. The Bertz CT molecular complexity index is 1460. The van der Waals surface area contributed by atoms with Gasteiger partial charge < -0.3 is 19.7 Å². The summed E-state index contributed by atoms with van der Waals surface area (Å²) in [6.07, 6.45) is 1.07. The third-order valence-electron chi connectivity index (χ3n) is 6.75. The van der Waals surface area contributed by atoms with Gasteiger partial charge in [-0.1, -0.05) is 55.3 Å². The first-order valence-electron chi connectivity index (χ1n) is 13.7. The molecule has 0 fully saturated rings. The molecular formula is C31H38ClN3O6S. The Hall–Kier alpha value is -3.76. The molecule has 0 saturated heterocycles. The number of amides is 2. The summed E-state index contributed by atoms with van der Waals surface area (Å²) < 4.78 is 39.9. The van der Waals surface area contributed by atoms with Gasteiger partial charge in [0.15, 0.2) is 11.5 Å². The number of nitrogens with one attached hydrogen (secondary N) is 1. The number of hydrogen-bond donors (Lipinski definition) is 1. The number of rotatable bonds is 14. The number of ether oxygens (including phenoxy) is 2. The number of carbonyl (C=O) groups is 2. The van der Waals surface area contributed by atoms with E-state index in [1.165, 1.54) is 37.3 Å². The molecule has 0 aliphatic rings. The van der Waals surface area contributed by atoms with E-state index in [4.69, 9.17) is 21.1 Å². The van der Waals surface area contributed by atoms with Gasteiger partial charge in [-0.2, -0.15) is 0 Å². The lowest BCUT2D eigenvalue weighted by Gasteiger charge is -2.33. The highest BCUT2D eigenvalue weighted by molar-refractivity contribution is 7.92. The highest BCUT2D eigenvalue weighted by atomic mass is 35.5. The molecule has 0 spiro atoms. The Labute approximate surface area is 253 Å². The van der Waals surface area contributed by atoms with Crippen molar-refractivity contribution in [3.8, 4) is 11.5 Å².